The Morgan fingerprint density at radius 3 is 1.85 bits per heavy atom. The van der Waals surface area contributed by atoms with E-state index in [1.54, 1.807) is 0 Å². The van der Waals surface area contributed by atoms with E-state index in [0.29, 0.717) is 0 Å². The van der Waals surface area contributed by atoms with Gasteiger partial charge in [-0.2, -0.15) is 0 Å². The van der Waals surface area contributed by atoms with Crippen LogP contribution in [0.1, 0.15) is 59.9 Å². The summed E-state index contributed by atoms with van der Waals surface area (Å²) < 4.78 is 12.2. The maximum atomic E-state index is 6.18. The fraction of sp³-hybridized carbons (Fsp3) is 0.667. The minimum absolute atomic E-state index is 0.103. The lowest BCUT2D eigenvalue weighted by Crippen LogP contribution is -2.42. The number of ether oxygens (including phenoxy) is 2. The molecule has 0 aliphatic carbocycles. The summed E-state index contributed by atoms with van der Waals surface area (Å²) in [6.07, 6.45) is 0.514. The van der Waals surface area contributed by atoms with Crippen molar-refractivity contribution in [2.24, 2.45) is 0 Å². The highest BCUT2D eigenvalue weighted by atomic mass is 16.5. The van der Waals surface area contributed by atoms with Gasteiger partial charge in [0.25, 0.3) is 0 Å². The molecule has 1 aromatic rings. The van der Waals surface area contributed by atoms with Gasteiger partial charge >= 0.3 is 0 Å². The zero-order valence-corrected chi connectivity index (χ0v) is 14.0. The maximum Gasteiger partial charge on any atom is 0.0723 e. The topological polar surface area (TPSA) is 18.5 Å². The standard InChI is InChI=1S/C18H30O2/c1-13(2)19-15(5)17(16-11-9-8-10-12-16)18(6,7)20-14(3)4/h8-15,17H,1-7H3. The number of rotatable bonds is 7. The highest BCUT2D eigenvalue weighted by molar-refractivity contribution is 5.24. The molecule has 20 heavy (non-hydrogen) atoms. The molecule has 1 rings (SSSR count). The van der Waals surface area contributed by atoms with E-state index in [4.69, 9.17) is 9.47 Å². The molecule has 2 unspecified atom stereocenters. The Balaban J connectivity index is 3.07. The van der Waals surface area contributed by atoms with Crippen LogP contribution in [0.25, 0.3) is 0 Å². The summed E-state index contributed by atoms with van der Waals surface area (Å²) in [6.45, 7) is 14.8. The van der Waals surface area contributed by atoms with E-state index < -0.39 is 0 Å². The van der Waals surface area contributed by atoms with Gasteiger partial charge in [0.05, 0.1) is 23.9 Å². The molecule has 0 amide bonds. The Hall–Kier alpha value is -0.860. The Kier molecular flexibility index (Phi) is 6.22. The molecule has 1 aromatic carbocycles. The van der Waals surface area contributed by atoms with Crippen molar-refractivity contribution in [1.82, 2.24) is 0 Å². The average Bonchev–Trinajstić information content (AvgIpc) is 2.26. The van der Waals surface area contributed by atoms with Crippen molar-refractivity contribution in [2.45, 2.75) is 78.3 Å². The lowest BCUT2D eigenvalue weighted by molar-refractivity contribution is -0.112. The van der Waals surface area contributed by atoms with Crippen molar-refractivity contribution in [3.63, 3.8) is 0 Å². The first kappa shape index (κ1) is 17.2. The van der Waals surface area contributed by atoms with Gasteiger partial charge in [0.1, 0.15) is 0 Å². The molecule has 2 nitrogen and oxygen atoms in total. The molecule has 0 N–H and O–H groups in total. The lowest BCUT2D eigenvalue weighted by atomic mass is 9.80. The first-order valence-electron chi connectivity index (χ1n) is 7.62. The van der Waals surface area contributed by atoms with Crippen LogP contribution in [-0.4, -0.2) is 23.9 Å². The molecule has 0 heterocycles. The third kappa shape index (κ3) is 4.92. The fourth-order valence-electron chi connectivity index (χ4n) is 3.09. The molecule has 0 saturated carbocycles. The number of benzene rings is 1. The van der Waals surface area contributed by atoms with Gasteiger partial charge in [-0.25, -0.2) is 0 Å². The van der Waals surface area contributed by atoms with Crippen molar-refractivity contribution in [3.8, 4) is 0 Å². The van der Waals surface area contributed by atoms with Crippen LogP contribution in [0, 0.1) is 0 Å². The molecule has 0 bridgehead atoms. The van der Waals surface area contributed by atoms with Crippen LogP contribution in [0.15, 0.2) is 30.3 Å². The highest BCUT2D eigenvalue weighted by Crippen LogP contribution is 2.36. The molecular weight excluding hydrogens is 248 g/mol. The van der Waals surface area contributed by atoms with Gasteiger partial charge in [-0.15, -0.1) is 0 Å². The summed E-state index contributed by atoms with van der Waals surface area (Å²) in [6, 6.07) is 10.5. The van der Waals surface area contributed by atoms with Crippen molar-refractivity contribution in [1.29, 1.82) is 0 Å². The van der Waals surface area contributed by atoms with Crippen LogP contribution in [0.5, 0.6) is 0 Å². The largest absolute Gasteiger partial charge is 0.375 e. The van der Waals surface area contributed by atoms with Crippen molar-refractivity contribution in [3.05, 3.63) is 35.9 Å². The normalized spacial score (nSPS) is 15.7. The average molecular weight is 278 g/mol. The van der Waals surface area contributed by atoms with Gasteiger partial charge in [-0.05, 0) is 54.0 Å². The van der Waals surface area contributed by atoms with Crippen LogP contribution >= 0.6 is 0 Å². The second-order valence-electron chi connectivity index (χ2n) is 6.55. The minimum Gasteiger partial charge on any atom is -0.375 e. The molecule has 0 spiro atoms. The smallest absolute Gasteiger partial charge is 0.0723 e. The van der Waals surface area contributed by atoms with Crippen molar-refractivity contribution < 1.29 is 9.47 Å². The quantitative estimate of drug-likeness (QED) is 0.714. The summed E-state index contributed by atoms with van der Waals surface area (Å²) >= 11 is 0. The van der Waals surface area contributed by atoms with Crippen LogP contribution < -0.4 is 0 Å². The van der Waals surface area contributed by atoms with Crippen molar-refractivity contribution >= 4 is 0 Å². The lowest BCUT2D eigenvalue weighted by Gasteiger charge is -2.40. The van der Waals surface area contributed by atoms with Gasteiger partial charge in [0, 0.05) is 5.92 Å². The Labute approximate surface area is 124 Å². The molecule has 0 saturated heterocycles. The molecule has 0 fully saturated rings. The van der Waals surface area contributed by atoms with E-state index >= 15 is 0 Å². The van der Waals surface area contributed by atoms with Crippen LogP contribution in [0.4, 0.5) is 0 Å². The molecule has 2 heteroatoms. The third-order valence-corrected chi connectivity index (χ3v) is 3.40. The second-order valence-corrected chi connectivity index (χ2v) is 6.55. The van der Waals surface area contributed by atoms with Gasteiger partial charge < -0.3 is 9.47 Å². The summed E-state index contributed by atoms with van der Waals surface area (Å²) in [5, 5.41) is 0. The van der Waals surface area contributed by atoms with Crippen LogP contribution in [0.3, 0.4) is 0 Å². The van der Waals surface area contributed by atoms with Crippen LogP contribution in [-0.2, 0) is 9.47 Å². The molecular formula is C18H30O2. The van der Waals surface area contributed by atoms with Gasteiger partial charge in [-0.3, -0.25) is 0 Å². The van der Waals surface area contributed by atoms with E-state index in [1.807, 2.05) is 6.07 Å². The van der Waals surface area contributed by atoms with E-state index in [-0.39, 0.29) is 29.8 Å². The predicted molar refractivity (Wildman–Crippen MR) is 85.2 cm³/mol. The molecule has 0 aliphatic heterocycles. The van der Waals surface area contributed by atoms with Crippen molar-refractivity contribution in [2.75, 3.05) is 0 Å². The monoisotopic (exact) mass is 278 g/mol. The Bertz CT molecular complexity index is 382. The summed E-state index contributed by atoms with van der Waals surface area (Å²) in [5.74, 6) is 0.202. The fourth-order valence-corrected chi connectivity index (χ4v) is 3.09. The first-order valence-corrected chi connectivity index (χ1v) is 7.62. The molecule has 114 valence electrons. The van der Waals surface area contributed by atoms with E-state index in [1.165, 1.54) is 5.56 Å². The number of hydrogen-bond donors (Lipinski definition) is 0. The summed E-state index contributed by atoms with van der Waals surface area (Å²) in [4.78, 5) is 0. The van der Waals surface area contributed by atoms with Gasteiger partial charge in [0.15, 0.2) is 0 Å². The van der Waals surface area contributed by atoms with E-state index in [2.05, 4.69) is 72.7 Å². The zero-order valence-electron chi connectivity index (χ0n) is 14.0. The maximum absolute atomic E-state index is 6.18. The highest BCUT2D eigenvalue weighted by Gasteiger charge is 2.37. The molecule has 0 aliphatic rings. The number of hydrogen-bond acceptors (Lipinski definition) is 2. The zero-order chi connectivity index (χ0) is 15.3. The Morgan fingerprint density at radius 2 is 1.40 bits per heavy atom. The molecule has 2 atom stereocenters. The molecule has 0 radical (unpaired) electrons. The molecule has 0 aromatic heterocycles. The van der Waals surface area contributed by atoms with Gasteiger partial charge in [-0.1, -0.05) is 30.3 Å². The Morgan fingerprint density at radius 1 is 0.850 bits per heavy atom. The van der Waals surface area contributed by atoms with E-state index in [9.17, 15) is 0 Å². The van der Waals surface area contributed by atoms with Crippen LogP contribution in [0.2, 0.25) is 0 Å². The second kappa shape index (κ2) is 7.24. The first-order chi connectivity index (χ1) is 9.24. The van der Waals surface area contributed by atoms with Gasteiger partial charge in [0.2, 0.25) is 0 Å². The third-order valence-electron chi connectivity index (χ3n) is 3.40. The summed E-state index contributed by atoms with van der Waals surface area (Å²) in [5.41, 5.74) is 0.996. The summed E-state index contributed by atoms with van der Waals surface area (Å²) in [7, 11) is 0. The predicted octanol–water partition coefficient (Wildman–Crippen LogP) is 4.79. The minimum atomic E-state index is -0.274. The van der Waals surface area contributed by atoms with E-state index in [0.717, 1.165) is 0 Å². The SMILES string of the molecule is CC(C)OC(C)C(c1ccccc1)C(C)(C)OC(C)C.